The summed E-state index contributed by atoms with van der Waals surface area (Å²) in [4.78, 5) is 27.6. The summed E-state index contributed by atoms with van der Waals surface area (Å²) in [7, 11) is -0.808. The van der Waals surface area contributed by atoms with Crippen molar-refractivity contribution in [3.05, 3.63) is 48.0 Å². The van der Waals surface area contributed by atoms with Crippen molar-refractivity contribution >= 4 is 27.5 Å². The third-order valence-corrected chi connectivity index (χ3v) is 6.75. The fourth-order valence-corrected chi connectivity index (χ4v) is 4.70. The summed E-state index contributed by atoms with van der Waals surface area (Å²) >= 11 is 0. The van der Waals surface area contributed by atoms with Crippen LogP contribution in [0, 0.1) is 0 Å². The number of nitrogens with zero attached hydrogens (tertiary/aromatic N) is 2. The number of nitrogens with one attached hydrogen (secondary N) is 1. The lowest BCUT2D eigenvalue weighted by Crippen LogP contribution is -2.51. The van der Waals surface area contributed by atoms with Crippen LogP contribution in [-0.2, 0) is 26.2 Å². The molecule has 0 saturated heterocycles. The number of likely N-dealkylation sites (N-methyl/N-ethyl adjacent to an activating group) is 1. The highest BCUT2D eigenvalue weighted by atomic mass is 32.2. The van der Waals surface area contributed by atoms with Gasteiger partial charge in [0.15, 0.2) is 11.5 Å². The van der Waals surface area contributed by atoms with E-state index in [0.29, 0.717) is 36.9 Å². The number of ether oxygens (including phenoxy) is 3. The van der Waals surface area contributed by atoms with E-state index >= 15 is 0 Å². The van der Waals surface area contributed by atoms with E-state index in [4.69, 9.17) is 14.2 Å². The van der Waals surface area contributed by atoms with Crippen molar-refractivity contribution in [2.75, 3.05) is 44.5 Å². The Morgan fingerprint density at radius 2 is 1.83 bits per heavy atom. The lowest BCUT2D eigenvalue weighted by Gasteiger charge is -2.32. The molecule has 3 rings (SSSR count). The van der Waals surface area contributed by atoms with Crippen molar-refractivity contribution in [3.8, 4) is 17.2 Å². The highest BCUT2D eigenvalue weighted by Crippen LogP contribution is 2.34. The molecule has 0 unspecified atom stereocenters. The number of hydrogen-bond donors (Lipinski definition) is 1. The molecule has 2 amide bonds. The first-order chi connectivity index (χ1) is 16.7. The number of carbonyl (C=O) groups excluding carboxylic acids is 2. The summed E-state index contributed by atoms with van der Waals surface area (Å²) in [5.41, 5.74) is 1.00. The topological polar surface area (TPSA) is 114 Å². The van der Waals surface area contributed by atoms with Gasteiger partial charge < -0.3 is 24.4 Å². The summed E-state index contributed by atoms with van der Waals surface area (Å²) in [6.45, 7) is 2.14. The van der Waals surface area contributed by atoms with E-state index in [1.807, 2.05) is 6.07 Å². The smallest absolute Gasteiger partial charge is 0.244 e. The first-order valence-corrected chi connectivity index (χ1v) is 13.0. The maximum absolute atomic E-state index is 13.6. The monoisotopic (exact) mass is 505 g/mol. The number of carbonyl (C=O) groups is 2. The molecule has 1 atom stereocenters. The average Bonchev–Trinajstić information content (AvgIpc) is 2.85. The van der Waals surface area contributed by atoms with E-state index in [-0.39, 0.29) is 18.1 Å². The van der Waals surface area contributed by atoms with Crippen LogP contribution in [0.3, 0.4) is 0 Å². The van der Waals surface area contributed by atoms with Crippen LogP contribution in [-0.4, -0.2) is 71.3 Å². The van der Waals surface area contributed by atoms with Crippen LogP contribution >= 0.6 is 0 Å². The molecule has 1 heterocycles. The summed E-state index contributed by atoms with van der Waals surface area (Å²) < 4.78 is 42.8. The Hall–Kier alpha value is -3.47. The summed E-state index contributed by atoms with van der Waals surface area (Å²) in [5, 5.41) is 2.59. The van der Waals surface area contributed by atoms with Gasteiger partial charge in [-0.25, -0.2) is 8.42 Å². The van der Waals surface area contributed by atoms with Crippen LogP contribution in [0.15, 0.2) is 42.5 Å². The van der Waals surface area contributed by atoms with Crippen LogP contribution in [0.1, 0.15) is 18.9 Å². The largest absolute Gasteiger partial charge is 0.497 e. The van der Waals surface area contributed by atoms with Crippen LogP contribution in [0.5, 0.6) is 17.2 Å². The Labute approximate surface area is 205 Å². The molecular weight excluding hydrogens is 474 g/mol. The van der Waals surface area contributed by atoms with Gasteiger partial charge in [-0.3, -0.25) is 13.9 Å². The highest BCUT2D eigenvalue weighted by Gasteiger charge is 2.31. The molecule has 2 aromatic rings. The predicted molar refractivity (Wildman–Crippen MR) is 131 cm³/mol. The Bertz CT molecular complexity index is 1170. The number of sulfonamides is 1. The molecule has 0 saturated carbocycles. The van der Waals surface area contributed by atoms with Gasteiger partial charge in [-0.2, -0.15) is 0 Å². The molecule has 10 nitrogen and oxygen atoms in total. The third-order valence-electron chi connectivity index (χ3n) is 5.61. The fourth-order valence-electron chi connectivity index (χ4n) is 3.85. The second-order valence-electron chi connectivity index (χ2n) is 8.01. The van der Waals surface area contributed by atoms with Crippen molar-refractivity contribution in [1.82, 2.24) is 10.2 Å². The number of rotatable bonds is 10. The molecule has 190 valence electrons. The van der Waals surface area contributed by atoms with Crippen LogP contribution in [0.4, 0.5) is 5.69 Å². The normalized spacial score (nSPS) is 13.5. The second kappa shape index (κ2) is 11.3. The van der Waals surface area contributed by atoms with Crippen LogP contribution in [0.25, 0.3) is 0 Å². The van der Waals surface area contributed by atoms with Crippen molar-refractivity contribution in [1.29, 1.82) is 0 Å². The molecule has 0 radical (unpaired) electrons. The highest BCUT2D eigenvalue weighted by molar-refractivity contribution is 7.92. The fraction of sp³-hybridized carbons (Fsp3) is 0.417. The number of benzene rings is 2. The van der Waals surface area contributed by atoms with Gasteiger partial charge in [0.05, 0.1) is 19.1 Å². The molecule has 0 bridgehead atoms. The first-order valence-electron chi connectivity index (χ1n) is 11.2. The number of hydrogen-bond acceptors (Lipinski definition) is 7. The van der Waals surface area contributed by atoms with E-state index in [1.54, 1.807) is 44.4 Å². The minimum absolute atomic E-state index is 0.0979. The van der Waals surface area contributed by atoms with Crippen LogP contribution < -0.4 is 23.8 Å². The van der Waals surface area contributed by atoms with E-state index in [1.165, 1.54) is 18.0 Å². The molecule has 35 heavy (non-hydrogen) atoms. The maximum Gasteiger partial charge on any atom is 0.244 e. The van der Waals surface area contributed by atoms with Gasteiger partial charge in [-0.05, 0) is 36.2 Å². The lowest BCUT2D eigenvalue weighted by molar-refractivity contribution is -0.140. The van der Waals surface area contributed by atoms with Crippen molar-refractivity contribution < 1.29 is 32.2 Å². The zero-order valence-electron chi connectivity index (χ0n) is 20.3. The SMILES string of the molecule is CC[C@@H](C(=O)NC)N(Cc1cccc(OC)c1)C(=O)CN(c1ccc2c(c1)OCCO2)S(C)(=O)=O. The van der Waals surface area contributed by atoms with Gasteiger partial charge in [0.25, 0.3) is 0 Å². The molecule has 1 aliphatic heterocycles. The molecule has 11 heteroatoms. The van der Waals surface area contributed by atoms with Gasteiger partial charge in [-0.15, -0.1) is 0 Å². The number of fused-ring (bicyclic) bond motifs is 1. The van der Waals surface area contributed by atoms with E-state index in [2.05, 4.69) is 5.32 Å². The molecule has 0 aromatic heterocycles. The van der Waals surface area contributed by atoms with E-state index in [0.717, 1.165) is 16.1 Å². The minimum atomic E-state index is -3.85. The minimum Gasteiger partial charge on any atom is -0.497 e. The molecule has 0 aliphatic carbocycles. The summed E-state index contributed by atoms with van der Waals surface area (Å²) in [6, 6.07) is 11.1. The van der Waals surface area contributed by atoms with Gasteiger partial charge in [0.1, 0.15) is 31.5 Å². The van der Waals surface area contributed by atoms with Gasteiger partial charge in [-0.1, -0.05) is 19.1 Å². The van der Waals surface area contributed by atoms with Gasteiger partial charge in [0, 0.05) is 19.7 Å². The molecule has 0 spiro atoms. The van der Waals surface area contributed by atoms with Crippen LogP contribution in [0.2, 0.25) is 0 Å². The summed E-state index contributed by atoms with van der Waals surface area (Å²) in [5.74, 6) is 0.652. The zero-order chi connectivity index (χ0) is 25.6. The molecule has 0 fully saturated rings. The molecular formula is C24H31N3O7S. The van der Waals surface area contributed by atoms with Gasteiger partial charge in [0.2, 0.25) is 21.8 Å². The van der Waals surface area contributed by atoms with E-state index < -0.39 is 28.5 Å². The van der Waals surface area contributed by atoms with E-state index in [9.17, 15) is 18.0 Å². The standard InChI is InChI=1S/C24H31N3O7S/c1-5-20(24(29)25-2)26(15-17-7-6-8-19(13-17)32-3)23(28)16-27(35(4,30)31)18-9-10-21-22(14-18)34-12-11-33-21/h6-10,13-14,20H,5,11-12,15-16H2,1-4H3,(H,25,29)/t20-/m0/s1. The van der Waals surface area contributed by atoms with Gasteiger partial charge >= 0.3 is 0 Å². The third kappa shape index (κ3) is 6.36. The van der Waals surface area contributed by atoms with Crippen molar-refractivity contribution in [3.63, 3.8) is 0 Å². The Balaban J connectivity index is 1.95. The molecule has 1 N–H and O–H groups in total. The lowest BCUT2D eigenvalue weighted by atomic mass is 10.1. The van der Waals surface area contributed by atoms with Crippen molar-refractivity contribution in [2.24, 2.45) is 0 Å². The number of anilines is 1. The predicted octanol–water partition coefficient (Wildman–Crippen LogP) is 1.79. The Morgan fingerprint density at radius 1 is 1.11 bits per heavy atom. The second-order valence-corrected chi connectivity index (χ2v) is 9.92. The Kier molecular flexibility index (Phi) is 8.44. The molecule has 1 aliphatic rings. The number of amides is 2. The first kappa shape index (κ1) is 26.1. The molecule has 2 aromatic carbocycles. The average molecular weight is 506 g/mol. The van der Waals surface area contributed by atoms with Crippen molar-refractivity contribution in [2.45, 2.75) is 25.9 Å². The maximum atomic E-state index is 13.6. The number of methoxy groups -OCH3 is 1. The quantitative estimate of drug-likeness (QED) is 0.524. The Morgan fingerprint density at radius 3 is 2.46 bits per heavy atom. The zero-order valence-corrected chi connectivity index (χ0v) is 21.1. The summed E-state index contributed by atoms with van der Waals surface area (Å²) in [6.07, 6.45) is 1.37.